The number of imide groups is 1. The van der Waals surface area contributed by atoms with Crippen LogP contribution in [0.2, 0.25) is 0 Å². The molecule has 1 saturated heterocycles. The first kappa shape index (κ1) is 22.4. The van der Waals surface area contributed by atoms with Gasteiger partial charge in [-0.15, -0.1) is 0 Å². The predicted molar refractivity (Wildman–Crippen MR) is 114 cm³/mol. The molecule has 2 aromatic rings. The third-order valence-electron chi connectivity index (χ3n) is 5.03. The van der Waals surface area contributed by atoms with Crippen molar-refractivity contribution in [3.05, 3.63) is 69.8 Å². The fourth-order valence-electron chi connectivity index (χ4n) is 3.27. The molecule has 0 saturated carbocycles. The van der Waals surface area contributed by atoms with Crippen LogP contribution in [-0.4, -0.2) is 59.1 Å². The van der Waals surface area contributed by atoms with E-state index in [1.165, 1.54) is 48.2 Å². The molecule has 0 aliphatic carbocycles. The van der Waals surface area contributed by atoms with Gasteiger partial charge >= 0.3 is 6.03 Å². The number of nitrogens with one attached hydrogen (secondary N) is 2. The van der Waals surface area contributed by atoms with Gasteiger partial charge in [0.1, 0.15) is 12.1 Å². The number of anilines is 1. The molecule has 11 nitrogen and oxygen atoms in total. The number of nitro groups is 1. The summed E-state index contributed by atoms with van der Waals surface area (Å²) in [7, 11) is 3.25. The Balaban J connectivity index is 1.71. The summed E-state index contributed by atoms with van der Waals surface area (Å²) in [6.45, 7) is 0.873. The maximum absolute atomic E-state index is 12.9. The molecule has 1 atom stereocenters. The minimum Gasteiger partial charge on any atom is -0.345 e. The lowest BCUT2D eigenvalue weighted by Gasteiger charge is -2.22. The molecule has 0 radical (unpaired) electrons. The molecule has 1 heterocycles. The van der Waals surface area contributed by atoms with Gasteiger partial charge in [0.15, 0.2) is 0 Å². The summed E-state index contributed by atoms with van der Waals surface area (Å²) in [4.78, 5) is 62.3. The third-order valence-corrected chi connectivity index (χ3v) is 5.03. The van der Waals surface area contributed by atoms with Crippen LogP contribution in [0.25, 0.3) is 0 Å². The second kappa shape index (κ2) is 8.46. The summed E-state index contributed by atoms with van der Waals surface area (Å²) in [6.07, 6.45) is 0. The largest absolute Gasteiger partial charge is 0.345 e. The lowest BCUT2D eigenvalue weighted by molar-refractivity contribution is -0.385. The van der Waals surface area contributed by atoms with E-state index in [2.05, 4.69) is 10.6 Å². The Kier molecular flexibility index (Phi) is 5.92. The Morgan fingerprint density at radius 2 is 1.81 bits per heavy atom. The molecule has 32 heavy (non-hydrogen) atoms. The van der Waals surface area contributed by atoms with E-state index in [-0.39, 0.29) is 17.2 Å². The third kappa shape index (κ3) is 4.26. The van der Waals surface area contributed by atoms with E-state index in [0.717, 1.165) is 4.90 Å². The molecule has 11 heteroatoms. The molecule has 2 aromatic carbocycles. The van der Waals surface area contributed by atoms with Crippen LogP contribution in [0.5, 0.6) is 0 Å². The fraction of sp³-hybridized carbons (Fsp3) is 0.238. The number of hydrogen-bond acceptors (Lipinski definition) is 6. The van der Waals surface area contributed by atoms with Crippen LogP contribution in [0.15, 0.2) is 48.5 Å². The van der Waals surface area contributed by atoms with Crippen molar-refractivity contribution in [2.24, 2.45) is 0 Å². The number of amides is 5. The zero-order chi connectivity index (χ0) is 23.6. The van der Waals surface area contributed by atoms with E-state index < -0.39 is 34.9 Å². The van der Waals surface area contributed by atoms with Crippen LogP contribution in [0.1, 0.15) is 22.8 Å². The average molecular weight is 439 g/mol. The molecule has 0 bridgehead atoms. The van der Waals surface area contributed by atoms with Crippen molar-refractivity contribution >= 4 is 35.1 Å². The first-order valence-electron chi connectivity index (χ1n) is 9.53. The normalized spacial score (nSPS) is 17.7. The first-order valence-corrected chi connectivity index (χ1v) is 9.53. The van der Waals surface area contributed by atoms with Crippen molar-refractivity contribution in [2.75, 3.05) is 26.0 Å². The summed E-state index contributed by atoms with van der Waals surface area (Å²) in [5, 5.41) is 16.1. The van der Waals surface area contributed by atoms with Crippen LogP contribution < -0.4 is 10.6 Å². The number of non-ortho nitro benzene ring substituents is 1. The van der Waals surface area contributed by atoms with E-state index in [1.54, 1.807) is 26.2 Å². The molecule has 166 valence electrons. The number of benzene rings is 2. The molecule has 5 amide bonds. The standard InChI is InChI=1S/C21H21N5O6/c1-21(14-5-4-6-16(11-14)26(31)32)19(29)25(20(30)23-21)12-17(27)22-15-9-7-13(8-10-15)18(28)24(2)3/h4-11H,12H2,1-3H3,(H,22,27)(H,23,30). The second-order valence-electron chi connectivity index (χ2n) is 7.58. The Labute approximate surface area is 183 Å². The summed E-state index contributed by atoms with van der Waals surface area (Å²) < 4.78 is 0. The predicted octanol–water partition coefficient (Wildman–Crippen LogP) is 1.70. The van der Waals surface area contributed by atoms with E-state index >= 15 is 0 Å². The zero-order valence-electron chi connectivity index (χ0n) is 17.6. The highest BCUT2D eigenvalue weighted by atomic mass is 16.6. The van der Waals surface area contributed by atoms with Crippen LogP contribution in [0.3, 0.4) is 0 Å². The molecule has 1 aliphatic rings. The molecule has 1 fully saturated rings. The number of carbonyl (C=O) groups excluding carboxylic acids is 4. The minimum absolute atomic E-state index is 0.192. The Morgan fingerprint density at radius 1 is 1.16 bits per heavy atom. The number of carbonyl (C=O) groups is 4. The molecule has 0 aromatic heterocycles. The van der Waals surface area contributed by atoms with Crippen LogP contribution in [-0.2, 0) is 15.1 Å². The maximum Gasteiger partial charge on any atom is 0.325 e. The Bertz CT molecular complexity index is 1110. The first-order chi connectivity index (χ1) is 15.0. The molecule has 3 rings (SSSR count). The van der Waals surface area contributed by atoms with Crippen molar-refractivity contribution in [1.82, 2.24) is 15.1 Å². The minimum atomic E-state index is -1.54. The summed E-state index contributed by atoms with van der Waals surface area (Å²) in [5.41, 5.74) is -0.710. The van der Waals surface area contributed by atoms with E-state index in [9.17, 15) is 29.3 Å². The van der Waals surface area contributed by atoms with Gasteiger partial charge in [-0.2, -0.15) is 0 Å². The van der Waals surface area contributed by atoms with Gasteiger partial charge in [-0.3, -0.25) is 29.4 Å². The summed E-state index contributed by atoms with van der Waals surface area (Å²) >= 11 is 0. The lowest BCUT2D eigenvalue weighted by atomic mass is 9.91. The molecular weight excluding hydrogens is 418 g/mol. The number of rotatable bonds is 6. The summed E-state index contributed by atoms with van der Waals surface area (Å²) in [6, 6.07) is 10.8. The van der Waals surface area contributed by atoms with Crippen LogP contribution in [0, 0.1) is 10.1 Å². The molecule has 1 unspecified atom stereocenters. The highest BCUT2D eigenvalue weighted by molar-refractivity contribution is 6.10. The molecule has 0 spiro atoms. The number of nitro benzene ring substituents is 1. The second-order valence-corrected chi connectivity index (χ2v) is 7.58. The highest BCUT2D eigenvalue weighted by Crippen LogP contribution is 2.30. The topological polar surface area (TPSA) is 142 Å². The van der Waals surface area contributed by atoms with Gasteiger partial charge in [-0.1, -0.05) is 12.1 Å². The number of urea groups is 1. The average Bonchev–Trinajstić information content (AvgIpc) is 2.97. The lowest BCUT2D eigenvalue weighted by Crippen LogP contribution is -2.42. The molecular formula is C21H21N5O6. The number of hydrogen-bond donors (Lipinski definition) is 2. The van der Waals surface area contributed by atoms with Crippen LogP contribution >= 0.6 is 0 Å². The van der Waals surface area contributed by atoms with Gasteiger partial charge in [-0.25, -0.2) is 4.79 Å². The van der Waals surface area contributed by atoms with Crippen molar-refractivity contribution in [2.45, 2.75) is 12.5 Å². The SMILES string of the molecule is CN(C)C(=O)c1ccc(NC(=O)CN2C(=O)NC(C)(c3cccc([N+](=O)[O-])c3)C2=O)cc1. The Hall–Kier alpha value is -4.28. The van der Waals surface area contributed by atoms with Gasteiger partial charge in [0.2, 0.25) is 5.91 Å². The highest BCUT2D eigenvalue weighted by Gasteiger charge is 2.49. The molecule has 1 aliphatic heterocycles. The van der Waals surface area contributed by atoms with Gasteiger partial charge in [-0.05, 0) is 36.8 Å². The zero-order valence-corrected chi connectivity index (χ0v) is 17.6. The van der Waals surface area contributed by atoms with E-state index in [1.807, 2.05) is 0 Å². The van der Waals surface area contributed by atoms with Gasteiger partial charge in [0.25, 0.3) is 17.5 Å². The van der Waals surface area contributed by atoms with Crippen LogP contribution in [0.4, 0.5) is 16.2 Å². The van der Waals surface area contributed by atoms with Crippen molar-refractivity contribution in [3.8, 4) is 0 Å². The fourth-order valence-corrected chi connectivity index (χ4v) is 3.27. The Morgan fingerprint density at radius 3 is 2.41 bits per heavy atom. The number of nitrogens with zero attached hydrogens (tertiary/aromatic N) is 3. The quantitative estimate of drug-likeness (QED) is 0.399. The van der Waals surface area contributed by atoms with Crippen molar-refractivity contribution in [3.63, 3.8) is 0 Å². The van der Waals surface area contributed by atoms with Crippen molar-refractivity contribution in [1.29, 1.82) is 0 Å². The smallest absolute Gasteiger partial charge is 0.325 e. The summed E-state index contributed by atoms with van der Waals surface area (Å²) in [5.74, 6) is -1.52. The van der Waals surface area contributed by atoms with Crippen molar-refractivity contribution < 1.29 is 24.1 Å². The monoisotopic (exact) mass is 439 g/mol. The van der Waals surface area contributed by atoms with Gasteiger partial charge < -0.3 is 15.5 Å². The van der Waals surface area contributed by atoms with Gasteiger partial charge in [0, 0.05) is 37.5 Å². The molecule has 2 N–H and O–H groups in total. The van der Waals surface area contributed by atoms with E-state index in [4.69, 9.17) is 0 Å². The van der Waals surface area contributed by atoms with E-state index in [0.29, 0.717) is 11.3 Å². The van der Waals surface area contributed by atoms with Gasteiger partial charge in [0.05, 0.1) is 4.92 Å². The maximum atomic E-state index is 12.9.